The predicted molar refractivity (Wildman–Crippen MR) is 61.9 cm³/mol. The molecule has 0 spiro atoms. The third-order valence-corrected chi connectivity index (χ3v) is 4.08. The van der Waals surface area contributed by atoms with E-state index >= 15 is 0 Å². The van der Waals surface area contributed by atoms with Crippen LogP contribution in [0.4, 0.5) is 0 Å². The van der Waals surface area contributed by atoms with Crippen molar-refractivity contribution in [1.82, 2.24) is 4.72 Å². The first-order valence-corrected chi connectivity index (χ1v) is 6.99. The molecule has 1 atom stereocenters. The van der Waals surface area contributed by atoms with Gasteiger partial charge in [0.2, 0.25) is 10.0 Å². The maximum Gasteiger partial charge on any atom is 0.212 e. The Labute approximate surface area is 95.7 Å². The summed E-state index contributed by atoms with van der Waals surface area (Å²) in [4.78, 5) is 0. The second-order valence-corrected chi connectivity index (χ2v) is 5.71. The van der Waals surface area contributed by atoms with Crippen LogP contribution in [-0.4, -0.2) is 20.8 Å². The molecule has 88 valence electrons. The van der Waals surface area contributed by atoms with Crippen molar-refractivity contribution in [3.8, 4) is 5.75 Å². The Balaban J connectivity index is 2.15. The molecule has 1 aliphatic heterocycles. The van der Waals surface area contributed by atoms with E-state index in [0.717, 1.165) is 11.3 Å². The van der Waals surface area contributed by atoms with Gasteiger partial charge in [0, 0.05) is 5.56 Å². The lowest BCUT2D eigenvalue weighted by molar-refractivity contribution is 0.325. The summed E-state index contributed by atoms with van der Waals surface area (Å²) in [5.74, 6) is 0.928. The van der Waals surface area contributed by atoms with Crippen LogP contribution in [0, 0.1) is 0 Å². The smallest absolute Gasteiger partial charge is 0.212 e. The number of nitrogens with one attached hydrogen (secondary N) is 1. The van der Waals surface area contributed by atoms with Gasteiger partial charge in [-0.05, 0) is 12.5 Å². The highest BCUT2D eigenvalue weighted by molar-refractivity contribution is 7.89. The number of para-hydroxylation sites is 1. The minimum atomic E-state index is -3.19. The van der Waals surface area contributed by atoms with Gasteiger partial charge in [0.15, 0.2) is 0 Å². The van der Waals surface area contributed by atoms with E-state index in [9.17, 15) is 8.42 Å². The van der Waals surface area contributed by atoms with Gasteiger partial charge < -0.3 is 4.74 Å². The molecule has 2 rings (SSSR count). The van der Waals surface area contributed by atoms with Crippen molar-refractivity contribution < 1.29 is 13.2 Å². The molecule has 1 unspecified atom stereocenters. The first-order chi connectivity index (χ1) is 7.62. The molecular formula is C11H15NO3S. The van der Waals surface area contributed by atoms with E-state index in [-0.39, 0.29) is 11.8 Å². The molecule has 0 saturated heterocycles. The van der Waals surface area contributed by atoms with Crippen LogP contribution in [-0.2, 0) is 10.0 Å². The van der Waals surface area contributed by atoms with Crippen LogP contribution in [0.15, 0.2) is 24.3 Å². The molecule has 1 aliphatic rings. The average Bonchev–Trinajstić information content (AvgIpc) is 2.61. The summed E-state index contributed by atoms with van der Waals surface area (Å²) in [7, 11) is -3.19. The van der Waals surface area contributed by atoms with Crippen LogP contribution in [0.1, 0.15) is 24.9 Å². The maximum atomic E-state index is 11.6. The number of fused-ring (bicyclic) bond motifs is 1. The van der Waals surface area contributed by atoms with Crippen LogP contribution in [0.2, 0.25) is 0 Å². The first kappa shape index (κ1) is 11.4. The molecule has 0 bridgehead atoms. The van der Waals surface area contributed by atoms with Gasteiger partial charge in [-0.25, -0.2) is 13.1 Å². The van der Waals surface area contributed by atoms with Gasteiger partial charge >= 0.3 is 0 Å². The molecule has 1 aromatic carbocycles. The molecule has 0 aromatic heterocycles. The highest BCUT2D eigenvalue weighted by Gasteiger charge is 2.27. The summed E-state index contributed by atoms with van der Waals surface area (Å²) in [5, 5.41) is 0. The Hall–Kier alpha value is -1.07. The van der Waals surface area contributed by atoms with E-state index in [1.807, 2.05) is 31.2 Å². The van der Waals surface area contributed by atoms with Crippen molar-refractivity contribution in [3.05, 3.63) is 29.8 Å². The van der Waals surface area contributed by atoms with Crippen molar-refractivity contribution in [1.29, 1.82) is 0 Å². The minimum absolute atomic E-state index is 0.158. The van der Waals surface area contributed by atoms with Gasteiger partial charge in [0.05, 0.1) is 11.8 Å². The lowest BCUT2D eigenvalue weighted by Crippen LogP contribution is -2.31. The van der Waals surface area contributed by atoms with Gasteiger partial charge in [0.1, 0.15) is 12.4 Å². The lowest BCUT2D eigenvalue weighted by Gasteiger charge is -2.11. The Morgan fingerprint density at radius 3 is 2.94 bits per heavy atom. The van der Waals surface area contributed by atoms with Crippen LogP contribution in [0.25, 0.3) is 0 Å². The summed E-state index contributed by atoms with van der Waals surface area (Å²) in [6, 6.07) is 7.26. The molecule has 0 fully saturated rings. The fourth-order valence-corrected chi connectivity index (χ4v) is 3.09. The van der Waals surface area contributed by atoms with E-state index < -0.39 is 10.0 Å². The normalized spacial score (nSPS) is 19.2. The van der Waals surface area contributed by atoms with Crippen LogP contribution < -0.4 is 9.46 Å². The standard InChI is InChI=1S/C11H15NO3S/c1-2-7-16(13,14)12-10-8-15-11-6-4-3-5-9(10)11/h3-6,10,12H,2,7-8H2,1H3. The number of benzene rings is 1. The monoisotopic (exact) mass is 241 g/mol. The maximum absolute atomic E-state index is 11.6. The number of sulfonamides is 1. The number of hydrogen-bond donors (Lipinski definition) is 1. The third kappa shape index (κ3) is 2.36. The summed E-state index contributed by atoms with van der Waals surface area (Å²) < 4.78 is 31.3. The Bertz CT molecular complexity index is 470. The van der Waals surface area contributed by atoms with E-state index in [4.69, 9.17) is 4.74 Å². The van der Waals surface area contributed by atoms with Crippen LogP contribution in [0.5, 0.6) is 5.75 Å². The molecule has 1 aromatic rings. The van der Waals surface area contributed by atoms with Gasteiger partial charge in [-0.15, -0.1) is 0 Å². The Morgan fingerprint density at radius 1 is 1.44 bits per heavy atom. The van der Waals surface area contributed by atoms with Crippen molar-refractivity contribution in [2.75, 3.05) is 12.4 Å². The highest BCUT2D eigenvalue weighted by atomic mass is 32.2. The zero-order chi connectivity index (χ0) is 11.6. The quantitative estimate of drug-likeness (QED) is 0.868. The van der Waals surface area contributed by atoms with E-state index in [1.54, 1.807) is 0 Å². The zero-order valence-electron chi connectivity index (χ0n) is 9.14. The fraction of sp³-hybridized carbons (Fsp3) is 0.455. The fourth-order valence-electron chi connectivity index (χ4n) is 1.80. The second-order valence-electron chi connectivity index (χ2n) is 3.84. The van der Waals surface area contributed by atoms with Gasteiger partial charge in [-0.3, -0.25) is 0 Å². The average molecular weight is 241 g/mol. The van der Waals surface area contributed by atoms with Crippen LogP contribution in [0.3, 0.4) is 0 Å². The molecule has 0 saturated carbocycles. The highest BCUT2D eigenvalue weighted by Crippen LogP contribution is 2.31. The van der Waals surface area contributed by atoms with Gasteiger partial charge in [-0.2, -0.15) is 0 Å². The number of rotatable bonds is 4. The number of hydrogen-bond acceptors (Lipinski definition) is 3. The summed E-state index contributed by atoms with van der Waals surface area (Å²) in [5.41, 5.74) is 0.919. The zero-order valence-corrected chi connectivity index (χ0v) is 9.96. The molecule has 0 amide bonds. The largest absolute Gasteiger partial charge is 0.491 e. The Morgan fingerprint density at radius 2 is 2.19 bits per heavy atom. The topological polar surface area (TPSA) is 55.4 Å². The third-order valence-electron chi connectivity index (χ3n) is 2.49. The molecule has 4 nitrogen and oxygen atoms in total. The molecular weight excluding hydrogens is 226 g/mol. The van der Waals surface area contributed by atoms with E-state index in [2.05, 4.69) is 4.72 Å². The van der Waals surface area contributed by atoms with Crippen molar-refractivity contribution in [3.63, 3.8) is 0 Å². The minimum Gasteiger partial charge on any atom is -0.491 e. The lowest BCUT2D eigenvalue weighted by atomic mass is 10.1. The molecule has 5 heteroatoms. The first-order valence-electron chi connectivity index (χ1n) is 5.34. The molecule has 16 heavy (non-hydrogen) atoms. The van der Waals surface area contributed by atoms with E-state index in [1.165, 1.54) is 0 Å². The molecule has 0 radical (unpaired) electrons. The van der Waals surface area contributed by atoms with Gasteiger partial charge in [-0.1, -0.05) is 25.1 Å². The number of ether oxygens (including phenoxy) is 1. The predicted octanol–water partition coefficient (Wildman–Crippen LogP) is 1.45. The molecule has 1 N–H and O–H groups in total. The molecule has 0 aliphatic carbocycles. The summed E-state index contributed by atoms with van der Waals surface area (Å²) in [6.07, 6.45) is 0.616. The Kier molecular flexibility index (Phi) is 3.16. The van der Waals surface area contributed by atoms with Crippen molar-refractivity contribution in [2.24, 2.45) is 0 Å². The molecule has 1 heterocycles. The van der Waals surface area contributed by atoms with E-state index in [0.29, 0.717) is 13.0 Å². The summed E-state index contributed by atoms with van der Waals surface area (Å²) in [6.45, 7) is 2.22. The van der Waals surface area contributed by atoms with Crippen molar-refractivity contribution >= 4 is 10.0 Å². The summed E-state index contributed by atoms with van der Waals surface area (Å²) >= 11 is 0. The SMILES string of the molecule is CCCS(=O)(=O)NC1COc2ccccc21. The van der Waals surface area contributed by atoms with Gasteiger partial charge in [0.25, 0.3) is 0 Å². The second kappa shape index (κ2) is 4.43. The van der Waals surface area contributed by atoms with Crippen LogP contribution >= 0.6 is 0 Å². The van der Waals surface area contributed by atoms with Crippen molar-refractivity contribution in [2.45, 2.75) is 19.4 Å².